The van der Waals surface area contributed by atoms with Gasteiger partial charge in [-0.3, -0.25) is 0 Å². The normalized spacial score (nSPS) is 11.8. The highest BCUT2D eigenvalue weighted by Gasteiger charge is 2.15. The predicted molar refractivity (Wildman–Crippen MR) is 169 cm³/mol. The molecule has 180 valence electrons. The maximum Gasteiger partial charge on any atom is 0.0427 e. The lowest BCUT2D eigenvalue weighted by Gasteiger charge is -2.13. The summed E-state index contributed by atoms with van der Waals surface area (Å²) in [5.41, 5.74) is 5.91. The largest absolute Gasteiger partial charge is 0.135 e. The Morgan fingerprint density at radius 2 is 1.16 bits per heavy atom. The lowest BCUT2D eigenvalue weighted by atomic mass is 9.91. The zero-order valence-electron chi connectivity index (χ0n) is 21.2. The van der Waals surface area contributed by atoms with E-state index in [2.05, 4.69) is 141 Å². The fourth-order valence-corrected chi connectivity index (χ4v) is 6.91. The first-order valence-electron chi connectivity index (χ1n) is 13.0. The molecule has 0 aliphatic rings. The van der Waals surface area contributed by atoms with E-state index in [0.29, 0.717) is 0 Å². The molecule has 0 saturated heterocycles. The van der Waals surface area contributed by atoms with Gasteiger partial charge in [-0.2, -0.15) is 0 Å². The monoisotopic (exact) mass is 502 g/mol. The van der Waals surface area contributed by atoms with E-state index < -0.39 is 0 Å². The maximum atomic E-state index is 4.57. The standard InChI is InChI=1S/C37H26S/c1-3-11-34-33-18-8-9-19-36(33)38-37(34)24(2)25-12-10-13-26(22-25)27-20-21-32-30-16-5-4-14-28(30)29-15-6-7-17-31(29)35(32)23-27/h3-23H,2H2,1H3/b11-3-. The number of allylic oxidation sites excluding steroid dienone is 1. The molecular formula is C37H26S. The van der Waals surface area contributed by atoms with E-state index >= 15 is 0 Å². The molecule has 0 atom stereocenters. The average molecular weight is 503 g/mol. The summed E-state index contributed by atoms with van der Waals surface area (Å²) in [4.78, 5) is 1.23. The zero-order chi connectivity index (χ0) is 25.6. The molecule has 0 spiro atoms. The number of rotatable bonds is 4. The van der Waals surface area contributed by atoms with Crippen molar-refractivity contribution in [3.63, 3.8) is 0 Å². The van der Waals surface area contributed by atoms with Gasteiger partial charge in [0, 0.05) is 20.5 Å². The summed E-state index contributed by atoms with van der Waals surface area (Å²) in [6.07, 6.45) is 4.33. The maximum absolute atomic E-state index is 4.57. The summed E-state index contributed by atoms with van der Waals surface area (Å²) >= 11 is 1.82. The van der Waals surface area contributed by atoms with Crippen LogP contribution in [0.4, 0.5) is 0 Å². The second kappa shape index (κ2) is 9.13. The van der Waals surface area contributed by atoms with E-state index in [4.69, 9.17) is 0 Å². The van der Waals surface area contributed by atoms with Crippen LogP contribution in [0, 0.1) is 0 Å². The summed E-state index contributed by atoms with van der Waals surface area (Å²) in [5.74, 6) is 0. The third kappa shape index (κ3) is 3.59. The summed E-state index contributed by atoms with van der Waals surface area (Å²) in [7, 11) is 0. The first kappa shape index (κ1) is 22.7. The minimum absolute atomic E-state index is 1.07. The molecular weight excluding hydrogens is 476 g/mol. The van der Waals surface area contributed by atoms with Crippen molar-refractivity contribution >= 4 is 65.4 Å². The highest BCUT2D eigenvalue weighted by molar-refractivity contribution is 7.20. The highest BCUT2D eigenvalue weighted by atomic mass is 32.1. The van der Waals surface area contributed by atoms with E-state index in [9.17, 15) is 0 Å². The van der Waals surface area contributed by atoms with E-state index in [0.717, 1.165) is 11.1 Å². The fraction of sp³-hybridized carbons (Fsp3) is 0.0270. The van der Waals surface area contributed by atoms with Gasteiger partial charge >= 0.3 is 0 Å². The summed E-state index contributed by atoms with van der Waals surface area (Å²) < 4.78 is 1.29. The van der Waals surface area contributed by atoms with Crippen LogP contribution in [0.25, 0.3) is 65.2 Å². The Balaban J connectivity index is 1.38. The van der Waals surface area contributed by atoms with Gasteiger partial charge in [-0.15, -0.1) is 11.3 Å². The van der Waals surface area contributed by atoms with Gasteiger partial charge in [0.1, 0.15) is 0 Å². The van der Waals surface area contributed by atoms with Gasteiger partial charge in [0.15, 0.2) is 0 Å². The predicted octanol–water partition coefficient (Wildman–Crippen LogP) is 11.1. The molecule has 7 aromatic rings. The second-order valence-corrected chi connectivity index (χ2v) is 10.8. The summed E-state index contributed by atoms with van der Waals surface area (Å²) in [5, 5.41) is 9.08. The number of hydrogen-bond acceptors (Lipinski definition) is 1. The highest BCUT2D eigenvalue weighted by Crippen LogP contribution is 2.40. The van der Waals surface area contributed by atoms with Crippen molar-refractivity contribution in [3.8, 4) is 11.1 Å². The number of benzene rings is 6. The van der Waals surface area contributed by atoms with Gasteiger partial charge in [0.05, 0.1) is 0 Å². The molecule has 0 radical (unpaired) electrons. The molecule has 38 heavy (non-hydrogen) atoms. The van der Waals surface area contributed by atoms with E-state index in [1.165, 1.54) is 64.0 Å². The van der Waals surface area contributed by atoms with Crippen LogP contribution in [-0.4, -0.2) is 0 Å². The Bertz CT molecular complexity index is 2020. The SMILES string of the molecule is C=C(c1cccc(-c2ccc3c4ccccc4c4ccccc4c3c2)c1)c1sc2ccccc2c1/C=C\C. The number of hydrogen-bond donors (Lipinski definition) is 0. The molecule has 7 rings (SSSR count). The molecule has 1 heteroatoms. The van der Waals surface area contributed by atoms with Gasteiger partial charge < -0.3 is 0 Å². The quantitative estimate of drug-likeness (QED) is 0.210. The molecule has 0 unspecified atom stereocenters. The summed E-state index contributed by atoms with van der Waals surface area (Å²) in [6, 6.07) is 41.9. The number of fused-ring (bicyclic) bond motifs is 7. The van der Waals surface area contributed by atoms with Crippen LogP contribution in [0.3, 0.4) is 0 Å². The van der Waals surface area contributed by atoms with Gasteiger partial charge in [0.2, 0.25) is 0 Å². The van der Waals surface area contributed by atoms with Crippen LogP contribution < -0.4 is 0 Å². The minimum atomic E-state index is 1.07. The van der Waals surface area contributed by atoms with Crippen molar-refractivity contribution in [3.05, 3.63) is 144 Å². The molecule has 0 aliphatic carbocycles. The molecule has 1 heterocycles. The van der Waals surface area contributed by atoms with Crippen LogP contribution in [0.1, 0.15) is 22.9 Å². The molecule has 0 fully saturated rings. The molecule has 0 amide bonds. The number of thiophene rings is 1. The molecule has 0 bridgehead atoms. The Morgan fingerprint density at radius 1 is 0.579 bits per heavy atom. The topological polar surface area (TPSA) is 0 Å². The van der Waals surface area contributed by atoms with Crippen molar-refractivity contribution in [2.75, 3.05) is 0 Å². The third-order valence-corrected chi connectivity index (χ3v) is 8.78. The van der Waals surface area contributed by atoms with Crippen molar-refractivity contribution in [2.24, 2.45) is 0 Å². The Morgan fingerprint density at radius 3 is 1.84 bits per heavy atom. The van der Waals surface area contributed by atoms with Crippen LogP contribution in [0.5, 0.6) is 0 Å². The Labute approximate surface area is 226 Å². The molecule has 0 aliphatic heterocycles. The van der Waals surface area contributed by atoms with Crippen molar-refractivity contribution in [2.45, 2.75) is 6.92 Å². The fourth-order valence-electron chi connectivity index (χ4n) is 5.73. The molecule has 0 saturated carbocycles. The zero-order valence-corrected chi connectivity index (χ0v) is 22.1. The smallest absolute Gasteiger partial charge is 0.0427 e. The third-order valence-electron chi connectivity index (χ3n) is 7.53. The van der Waals surface area contributed by atoms with Crippen molar-refractivity contribution < 1.29 is 0 Å². The minimum Gasteiger partial charge on any atom is -0.135 e. The second-order valence-electron chi connectivity index (χ2n) is 9.75. The van der Waals surface area contributed by atoms with Crippen LogP contribution in [-0.2, 0) is 0 Å². The van der Waals surface area contributed by atoms with Crippen LogP contribution >= 0.6 is 11.3 Å². The van der Waals surface area contributed by atoms with E-state index in [-0.39, 0.29) is 0 Å². The van der Waals surface area contributed by atoms with E-state index in [1.807, 2.05) is 11.3 Å². The van der Waals surface area contributed by atoms with Crippen LogP contribution in [0.2, 0.25) is 0 Å². The lowest BCUT2D eigenvalue weighted by Crippen LogP contribution is -1.88. The Hall–Kier alpha value is -4.46. The van der Waals surface area contributed by atoms with Gasteiger partial charge in [-0.1, -0.05) is 116 Å². The van der Waals surface area contributed by atoms with Crippen LogP contribution in [0.15, 0.2) is 128 Å². The molecule has 6 aromatic carbocycles. The lowest BCUT2D eigenvalue weighted by molar-refractivity contribution is 1.59. The first-order chi connectivity index (χ1) is 18.7. The van der Waals surface area contributed by atoms with Gasteiger partial charge in [-0.05, 0) is 79.7 Å². The molecule has 1 aromatic heterocycles. The van der Waals surface area contributed by atoms with Gasteiger partial charge in [-0.25, -0.2) is 0 Å². The molecule has 0 nitrogen and oxygen atoms in total. The Kier molecular flexibility index (Phi) is 5.46. The van der Waals surface area contributed by atoms with Crippen molar-refractivity contribution in [1.29, 1.82) is 0 Å². The summed E-state index contributed by atoms with van der Waals surface area (Å²) in [6.45, 7) is 6.65. The van der Waals surface area contributed by atoms with Gasteiger partial charge in [0.25, 0.3) is 0 Å². The van der Waals surface area contributed by atoms with Crippen molar-refractivity contribution in [1.82, 2.24) is 0 Å². The first-order valence-corrected chi connectivity index (χ1v) is 13.8. The van der Waals surface area contributed by atoms with E-state index in [1.54, 1.807) is 0 Å². The molecule has 0 N–H and O–H groups in total. The average Bonchev–Trinajstić information content (AvgIpc) is 3.35.